The van der Waals surface area contributed by atoms with Gasteiger partial charge in [-0.2, -0.15) is 0 Å². The maximum absolute atomic E-state index is 13.5. The number of furan rings is 1. The number of ketones is 2. The van der Waals surface area contributed by atoms with Crippen molar-refractivity contribution in [3.63, 3.8) is 0 Å². The van der Waals surface area contributed by atoms with E-state index in [0.29, 0.717) is 5.38 Å². The van der Waals surface area contributed by atoms with Crippen molar-refractivity contribution in [2.45, 2.75) is 49.8 Å². The summed E-state index contributed by atoms with van der Waals surface area (Å²) in [5.41, 5.74) is -2.07. The Kier molecular flexibility index (Phi) is 6.49. The molecule has 0 aliphatic heterocycles. The van der Waals surface area contributed by atoms with Gasteiger partial charge in [0, 0.05) is 0 Å². The minimum atomic E-state index is -2.29. The number of hydrogen-bond acceptors (Lipinski definition) is 6. The molecule has 1 saturated carbocycles. The van der Waals surface area contributed by atoms with E-state index in [-0.39, 0.29) is 18.6 Å². The van der Waals surface area contributed by atoms with Crippen LogP contribution in [0.4, 0.5) is 0 Å². The standard InChI is InChI=1S/C23H28O6SeSi/c1-6-28-20(26)17-14-22(2,30-15-10-8-7-9-11-15)18(24)19(25)23(17,27)16-12-13-29-21(16)31(3,4)5/h7-13,17,27H,6,14H2,1-5H3/t17-,22+,23+/m0/s1. The summed E-state index contributed by atoms with van der Waals surface area (Å²) >= 11 is -0.412. The van der Waals surface area contributed by atoms with Crippen LogP contribution >= 0.6 is 0 Å². The molecular weight excluding hydrogens is 479 g/mol. The number of ether oxygens (including phenoxy) is 1. The minimum absolute atomic E-state index is 0.0259. The Morgan fingerprint density at radius 2 is 1.84 bits per heavy atom. The Bertz CT molecular complexity index is 995. The molecule has 1 aromatic carbocycles. The molecule has 1 fully saturated rings. The van der Waals surface area contributed by atoms with Gasteiger partial charge in [0.25, 0.3) is 0 Å². The van der Waals surface area contributed by atoms with Gasteiger partial charge in [-0.05, 0) is 0 Å². The predicted octanol–water partition coefficient (Wildman–Crippen LogP) is 1.94. The molecule has 0 unspecified atom stereocenters. The molecule has 31 heavy (non-hydrogen) atoms. The third kappa shape index (κ3) is 4.22. The molecule has 0 amide bonds. The average molecular weight is 508 g/mol. The Morgan fingerprint density at radius 3 is 2.42 bits per heavy atom. The molecule has 0 radical (unpaired) electrons. The first kappa shape index (κ1) is 23.7. The first-order valence-electron chi connectivity index (χ1n) is 10.3. The van der Waals surface area contributed by atoms with Gasteiger partial charge in [-0.15, -0.1) is 0 Å². The van der Waals surface area contributed by atoms with E-state index in [1.165, 1.54) is 12.3 Å². The number of benzene rings is 1. The molecule has 1 aromatic heterocycles. The molecule has 0 saturated heterocycles. The van der Waals surface area contributed by atoms with E-state index in [9.17, 15) is 19.5 Å². The number of esters is 1. The van der Waals surface area contributed by atoms with Gasteiger partial charge in [0.2, 0.25) is 0 Å². The topological polar surface area (TPSA) is 93.8 Å². The number of Topliss-reactive ketones (excluding diaryl/α,β-unsaturated/α-hetero) is 2. The second kappa shape index (κ2) is 8.51. The molecule has 1 aliphatic carbocycles. The van der Waals surface area contributed by atoms with E-state index >= 15 is 0 Å². The van der Waals surface area contributed by atoms with Crippen molar-refractivity contribution >= 4 is 50.4 Å². The van der Waals surface area contributed by atoms with Crippen LogP contribution in [0.25, 0.3) is 0 Å². The third-order valence-corrected chi connectivity index (χ3v) is 10.0. The van der Waals surface area contributed by atoms with Crippen molar-refractivity contribution in [3.8, 4) is 0 Å². The molecule has 1 aliphatic rings. The quantitative estimate of drug-likeness (QED) is 0.365. The summed E-state index contributed by atoms with van der Waals surface area (Å²) in [6.45, 7) is 9.52. The van der Waals surface area contributed by atoms with Crippen LogP contribution in [-0.2, 0) is 24.7 Å². The average Bonchev–Trinajstić information content (AvgIpc) is 3.21. The van der Waals surface area contributed by atoms with Gasteiger partial charge in [0.15, 0.2) is 0 Å². The van der Waals surface area contributed by atoms with Crippen LogP contribution in [0.2, 0.25) is 24.0 Å². The number of carbonyl (C=O) groups excluding carboxylic acids is 3. The summed E-state index contributed by atoms with van der Waals surface area (Å²) in [5, 5.41) is 12.3. The third-order valence-electron chi connectivity index (χ3n) is 5.55. The molecule has 166 valence electrons. The van der Waals surface area contributed by atoms with Gasteiger partial charge >= 0.3 is 190 Å². The number of carbonyl (C=O) groups is 3. The second-order valence-corrected chi connectivity index (χ2v) is 17.3. The molecule has 0 spiro atoms. The van der Waals surface area contributed by atoms with Crippen LogP contribution in [0, 0.1) is 5.92 Å². The SMILES string of the molecule is CCOC(=O)[C@@H]1C[C@@](C)([Se]c2ccccc2)C(=O)C(=O)[C@@]1(O)c1ccoc1[Si](C)(C)C. The van der Waals surface area contributed by atoms with Crippen molar-refractivity contribution in [3.05, 3.63) is 48.2 Å². The van der Waals surface area contributed by atoms with Crippen LogP contribution in [0.5, 0.6) is 0 Å². The van der Waals surface area contributed by atoms with Gasteiger partial charge in [-0.25, -0.2) is 0 Å². The molecule has 6 nitrogen and oxygen atoms in total. The second-order valence-electron chi connectivity index (χ2n) is 8.99. The molecule has 8 heteroatoms. The molecule has 1 N–H and O–H groups in total. The number of rotatable bonds is 6. The fourth-order valence-corrected chi connectivity index (χ4v) is 8.16. The normalized spacial score (nSPS) is 26.7. The van der Waals surface area contributed by atoms with Crippen LogP contribution in [0.15, 0.2) is 47.1 Å². The molecular formula is C23H28O6SeSi. The fraction of sp³-hybridized carbons (Fsp3) is 0.435. The van der Waals surface area contributed by atoms with E-state index in [1.807, 2.05) is 50.0 Å². The molecule has 0 bridgehead atoms. The maximum atomic E-state index is 13.5. The summed E-state index contributed by atoms with van der Waals surface area (Å²) < 4.78 is 10.8. The molecule has 1 heterocycles. The van der Waals surface area contributed by atoms with Crippen molar-refractivity contribution in [1.82, 2.24) is 0 Å². The van der Waals surface area contributed by atoms with Crippen molar-refractivity contribution < 1.29 is 28.6 Å². The molecule has 2 aromatic rings. The van der Waals surface area contributed by atoms with Crippen LogP contribution in [0.1, 0.15) is 25.8 Å². The Hall–Kier alpha value is -1.99. The first-order chi connectivity index (χ1) is 14.4. The predicted molar refractivity (Wildman–Crippen MR) is 121 cm³/mol. The Balaban J connectivity index is 2.13. The zero-order valence-electron chi connectivity index (χ0n) is 18.4. The van der Waals surface area contributed by atoms with Crippen LogP contribution in [-0.4, -0.2) is 52.3 Å². The summed E-state index contributed by atoms with van der Waals surface area (Å²) in [5.74, 6) is -3.48. The van der Waals surface area contributed by atoms with E-state index in [1.54, 1.807) is 13.8 Å². The molecule has 3 atom stereocenters. The van der Waals surface area contributed by atoms with Crippen LogP contribution in [0.3, 0.4) is 0 Å². The van der Waals surface area contributed by atoms with Gasteiger partial charge in [-0.3, -0.25) is 0 Å². The van der Waals surface area contributed by atoms with Gasteiger partial charge in [0.05, 0.1) is 0 Å². The molecule has 3 rings (SSSR count). The van der Waals surface area contributed by atoms with E-state index in [4.69, 9.17) is 9.15 Å². The van der Waals surface area contributed by atoms with Crippen molar-refractivity contribution in [1.29, 1.82) is 0 Å². The van der Waals surface area contributed by atoms with E-state index < -0.39 is 56.4 Å². The number of hydrogen-bond donors (Lipinski definition) is 1. The monoisotopic (exact) mass is 508 g/mol. The van der Waals surface area contributed by atoms with E-state index in [2.05, 4.69) is 0 Å². The van der Waals surface area contributed by atoms with Gasteiger partial charge < -0.3 is 0 Å². The fourth-order valence-electron chi connectivity index (χ4n) is 4.04. The van der Waals surface area contributed by atoms with Crippen molar-refractivity contribution in [2.75, 3.05) is 6.61 Å². The van der Waals surface area contributed by atoms with E-state index in [0.717, 1.165) is 4.46 Å². The first-order valence-corrected chi connectivity index (χ1v) is 15.5. The summed E-state index contributed by atoms with van der Waals surface area (Å²) in [6.07, 6.45) is 1.43. The Labute approximate surface area is 189 Å². The van der Waals surface area contributed by atoms with Crippen LogP contribution < -0.4 is 9.85 Å². The summed E-state index contributed by atoms with van der Waals surface area (Å²) in [7, 11) is -2.13. The van der Waals surface area contributed by atoms with Crippen molar-refractivity contribution in [2.24, 2.45) is 5.92 Å². The zero-order chi connectivity index (χ0) is 23.0. The summed E-state index contributed by atoms with van der Waals surface area (Å²) in [6, 6.07) is 11.0. The number of aliphatic hydroxyl groups is 1. The zero-order valence-corrected chi connectivity index (χ0v) is 21.1. The summed E-state index contributed by atoms with van der Waals surface area (Å²) in [4.78, 5) is 39.9. The van der Waals surface area contributed by atoms with Gasteiger partial charge in [-0.1, -0.05) is 0 Å². The Morgan fingerprint density at radius 1 is 1.19 bits per heavy atom. The van der Waals surface area contributed by atoms with Gasteiger partial charge in [0.1, 0.15) is 0 Å².